The lowest BCUT2D eigenvalue weighted by Crippen LogP contribution is -2.51. The normalized spacial score (nSPS) is 36.2. The Morgan fingerprint density at radius 1 is 1.27 bits per heavy atom. The first-order valence-corrected chi connectivity index (χ1v) is 6.57. The number of rotatable bonds is 3. The van der Waals surface area contributed by atoms with E-state index in [1.165, 1.54) is 51.5 Å². The largest absolute Gasteiger partial charge is 0.375 e. The van der Waals surface area contributed by atoms with E-state index in [2.05, 4.69) is 12.2 Å². The lowest BCUT2D eigenvalue weighted by atomic mass is 9.74. The second-order valence-electron chi connectivity index (χ2n) is 6.27. The molecule has 86 valence electrons. The van der Waals surface area contributed by atoms with Gasteiger partial charge in [0.05, 0.1) is 5.60 Å². The van der Waals surface area contributed by atoms with Crippen molar-refractivity contribution in [2.45, 2.75) is 63.5 Å². The molecule has 15 heavy (non-hydrogen) atoms. The molecule has 2 nitrogen and oxygen atoms in total. The molecule has 1 atom stereocenters. The maximum Gasteiger partial charge on any atom is 0.0697 e. The zero-order chi connectivity index (χ0) is 10.4. The van der Waals surface area contributed by atoms with E-state index < -0.39 is 0 Å². The van der Waals surface area contributed by atoms with Crippen LogP contribution in [0.3, 0.4) is 0 Å². The lowest BCUT2D eigenvalue weighted by molar-refractivity contribution is -0.135. The maximum absolute atomic E-state index is 5.94. The van der Waals surface area contributed by atoms with Crippen LogP contribution in [0.4, 0.5) is 0 Å². The molecule has 1 saturated heterocycles. The minimum atomic E-state index is 0.306. The van der Waals surface area contributed by atoms with E-state index in [-0.39, 0.29) is 0 Å². The lowest BCUT2D eigenvalue weighted by Gasteiger charge is -2.47. The first-order chi connectivity index (χ1) is 7.20. The third-order valence-electron chi connectivity index (χ3n) is 4.68. The van der Waals surface area contributed by atoms with Crippen LogP contribution < -0.4 is 5.32 Å². The summed E-state index contributed by atoms with van der Waals surface area (Å²) in [7, 11) is 0. The molecule has 1 unspecified atom stereocenters. The summed E-state index contributed by atoms with van der Waals surface area (Å²) in [6, 6.07) is 0.733. The first kappa shape index (κ1) is 10.1. The molecule has 0 bridgehead atoms. The second kappa shape index (κ2) is 3.46. The van der Waals surface area contributed by atoms with Gasteiger partial charge in [0.1, 0.15) is 0 Å². The molecule has 0 amide bonds. The van der Waals surface area contributed by atoms with Gasteiger partial charge < -0.3 is 10.1 Å². The van der Waals surface area contributed by atoms with E-state index >= 15 is 0 Å². The predicted molar refractivity (Wildman–Crippen MR) is 60.9 cm³/mol. The van der Waals surface area contributed by atoms with Crippen molar-refractivity contribution in [1.29, 1.82) is 0 Å². The summed E-state index contributed by atoms with van der Waals surface area (Å²) in [6.45, 7) is 4.61. The standard InChI is InChI=1S/C13H23NO/c1-12(6-7-12)10-14-11-3-8-15-13(9-11)4-2-5-13/h11,14H,2-10H2,1H3. The van der Waals surface area contributed by atoms with Gasteiger partial charge >= 0.3 is 0 Å². The molecule has 2 saturated carbocycles. The molecule has 1 aliphatic heterocycles. The molecule has 2 heteroatoms. The van der Waals surface area contributed by atoms with Crippen LogP contribution in [0, 0.1) is 5.41 Å². The third kappa shape index (κ3) is 2.07. The van der Waals surface area contributed by atoms with Crippen LogP contribution in [0.5, 0.6) is 0 Å². The Morgan fingerprint density at radius 2 is 2.07 bits per heavy atom. The minimum absolute atomic E-state index is 0.306. The summed E-state index contributed by atoms with van der Waals surface area (Å²) in [5.74, 6) is 0. The average Bonchev–Trinajstić information content (AvgIpc) is 2.93. The van der Waals surface area contributed by atoms with E-state index in [4.69, 9.17) is 4.74 Å². The summed E-state index contributed by atoms with van der Waals surface area (Å²) in [6.07, 6.45) is 9.33. The van der Waals surface area contributed by atoms with E-state index in [9.17, 15) is 0 Å². The van der Waals surface area contributed by atoms with Gasteiger partial charge in [0.2, 0.25) is 0 Å². The van der Waals surface area contributed by atoms with Crippen LogP contribution >= 0.6 is 0 Å². The molecule has 0 aromatic rings. The molecule has 0 radical (unpaired) electrons. The Bertz CT molecular complexity index is 243. The zero-order valence-electron chi connectivity index (χ0n) is 9.85. The van der Waals surface area contributed by atoms with Crippen LogP contribution in [0.1, 0.15) is 51.9 Å². The Morgan fingerprint density at radius 3 is 2.67 bits per heavy atom. The summed E-state index contributed by atoms with van der Waals surface area (Å²) in [4.78, 5) is 0. The van der Waals surface area contributed by atoms with Crippen molar-refractivity contribution in [2.75, 3.05) is 13.2 Å². The monoisotopic (exact) mass is 209 g/mol. The summed E-state index contributed by atoms with van der Waals surface area (Å²) < 4.78 is 5.94. The first-order valence-electron chi connectivity index (χ1n) is 6.57. The van der Waals surface area contributed by atoms with Gasteiger partial charge in [-0.25, -0.2) is 0 Å². The van der Waals surface area contributed by atoms with Gasteiger partial charge in [-0.15, -0.1) is 0 Å². The molecule has 0 aromatic carbocycles. The predicted octanol–water partition coefficient (Wildman–Crippen LogP) is 2.48. The highest BCUT2D eigenvalue weighted by Gasteiger charge is 2.43. The average molecular weight is 209 g/mol. The number of hydrogen-bond donors (Lipinski definition) is 1. The van der Waals surface area contributed by atoms with Crippen molar-refractivity contribution in [3.8, 4) is 0 Å². The van der Waals surface area contributed by atoms with Crippen LogP contribution in [0.15, 0.2) is 0 Å². The summed E-state index contributed by atoms with van der Waals surface area (Å²) in [5.41, 5.74) is 0.950. The highest BCUT2D eigenvalue weighted by molar-refractivity contribution is 4.97. The van der Waals surface area contributed by atoms with Crippen LogP contribution in [0.25, 0.3) is 0 Å². The Labute approximate surface area is 92.8 Å². The van der Waals surface area contributed by atoms with E-state index in [0.29, 0.717) is 11.0 Å². The van der Waals surface area contributed by atoms with Gasteiger partial charge in [0.15, 0.2) is 0 Å². The highest BCUT2D eigenvalue weighted by Crippen LogP contribution is 2.45. The molecule has 3 rings (SSSR count). The van der Waals surface area contributed by atoms with Gasteiger partial charge in [-0.2, -0.15) is 0 Å². The molecule has 1 N–H and O–H groups in total. The maximum atomic E-state index is 5.94. The Balaban J connectivity index is 1.48. The fourth-order valence-corrected chi connectivity index (χ4v) is 2.90. The van der Waals surface area contributed by atoms with Crippen molar-refractivity contribution < 1.29 is 4.74 Å². The van der Waals surface area contributed by atoms with Gasteiger partial charge in [-0.05, 0) is 50.4 Å². The Kier molecular flexibility index (Phi) is 2.33. The Hall–Kier alpha value is -0.0800. The van der Waals surface area contributed by atoms with Crippen molar-refractivity contribution in [2.24, 2.45) is 5.41 Å². The molecular weight excluding hydrogens is 186 g/mol. The fourth-order valence-electron chi connectivity index (χ4n) is 2.90. The van der Waals surface area contributed by atoms with E-state index in [1.807, 2.05) is 0 Å². The molecule has 1 spiro atoms. The molecule has 3 fully saturated rings. The number of hydrogen-bond acceptors (Lipinski definition) is 2. The quantitative estimate of drug-likeness (QED) is 0.771. The topological polar surface area (TPSA) is 21.3 Å². The van der Waals surface area contributed by atoms with Gasteiger partial charge in [0, 0.05) is 19.2 Å². The van der Waals surface area contributed by atoms with Crippen LogP contribution in [0.2, 0.25) is 0 Å². The van der Waals surface area contributed by atoms with E-state index in [0.717, 1.165) is 12.6 Å². The van der Waals surface area contributed by atoms with Gasteiger partial charge in [-0.1, -0.05) is 6.92 Å². The number of ether oxygens (including phenoxy) is 1. The SMILES string of the molecule is CC1(CNC2CCOC3(CCC3)C2)CC1. The molecule has 0 aromatic heterocycles. The van der Waals surface area contributed by atoms with Crippen LogP contribution in [-0.2, 0) is 4.74 Å². The summed E-state index contributed by atoms with van der Waals surface area (Å²) in [5, 5.41) is 3.77. The second-order valence-corrected chi connectivity index (χ2v) is 6.27. The zero-order valence-corrected chi connectivity index (χ0v) is 9.85. The number of nitrogens with one attached hydrogen (secondary N) is 1. The fraction of sp³-hybridized carbons (Fsp3) is 1.00. The highest BCUT2D eigenvalue weighted by atomic mass is 16.5. The van der Waals surface area contributed by atoms with Gasteiger partial charge in [-0.3, -0.25) is 0 Å². The van der Waals surface area contributed by atoms with Gasteiger partial charge in [0.25, 0.3) is 0 Å². The molecular formula is C13H23NO. The van der Waals surface area contributed by atoms with Crippen molar-refractivity contribution in [3.63, 3.8) is 0 Å². The molecule has 2 aliphatic carbocycles. The van der Waals surface area contributed by atoms with Crippen molar-refractivity contribution in [3.05, 3.63) is 0 Å². The smallest absolute Gasteiger partial charge is 0.0697 e. The molecule has 3 aliphatic rings. The minimum Gasteiger partial charge on any atom is -0.375 e. The molecule has 1 heterocycles. The van der Waals surface area contributed by atoms with E-state index in [1.54, 1.807) is 0 Å². The third-order valence-corrected chi connectivity index (χ3v) is 4.68. The summed E-state index contributed by atoms with van der Waals surface area (Å²) >= 11 is 0. The van der Waals surface area contributed by atoms with Crippen molar-refractivity contribution >= 4 is 0 Å². The van der Waals surface area contributed by atoms with Crippen LogP contribution in [-0.4, -0.2) is 24.8 Å². The van der Waals surface area contributed by atoms with Crippen molar-refractivity contribution in [1.82, 2.24) is 5.32 Å².